The van der Waals surface area contributed by atoms with Crippen molar-refractivity contribution >= 4 is 11.0 Å². The third-order valence-corrected chi connectivity index (χ3v) is 5.49. The number of fused-ring (bicyclic) bond motifs is 1. The summed E-state index contributed by atoms with van der Waals surface area (Å²) >= 11 is 0. The van der Waals surface area contributed by atoms with Crippen LogP contribution in [-0.2, 0) is 0 Å². The summed E-state index contributed by atoms with van der Waals surface area (Å²) < 4.78 is 17.8. The quantitative estimate of drug-likeness (QED) is 0.289. The number of aromatic hydroxyl groups is 1. The minimum absolute atomic E-state index is 0.0966. The molecule has 0 aliphatic carbocycles. The molecule has 1 aromatic heterocycles. The highest BCUT2D eigenvalue weighted by Crippen LogP contribution is 2.38. The molecule has 32 heavy (non-hydrogen) atoms. The third-order valence-electron chi connectivity index (χ3n) is 5.49. The van der Waals surface area contributed by atoms with E-state index in [-0.39, 0.29) is 22.3 Å². The molecule has 1 N–H and O–H groups in total. The van der Waals surface area contributed by atoms with Crippen molar-refractivity contribution in [1.82, 2.24) is 0 Å². The SMILES string of the molecule is CCCCCCOc1ccc2oc(-c3ccccc3)c(OCCCCCC)c(=O)c2c1O. The molecule has 0 atom stereocenters. The van der Waals surface area contributed by atoms with E-state index in [1.165, 1.54) is 0 Å². The van der Waals surface area contributed by atoms with Gasteiger partial charge in [0, 0.05) is 5.56 Å². The van der Waals surface area contributed by atoms with Crippen LogP contribution in [0.25, 0.3) is 22.3 Å². The average molecular weight is 439 g/mol. The van der Waals surface area contributed by atoms with E-state index < -0.39 is 0 Å². The molecule has 5 nitrogen and oxygen atoms in total. The maximum absolute atomic E-state index is 13.4. The van der Waals surface area contributed by atoms with E-state index in [4.69, 9.17) is 13.9 Å². The highest BCUT2D eigenvalue weighted by atomic mass is 16.5. The molecule has 5 heteroatoms. The van der Waals surface area contributed by atoms with Crippen LogP contribution >= 0.6 is 0 Å². The van der Waals surface area contributed by atoms with Crippen LogP contribution in [0.3, 0.4) is 0 Å². The van der Waals surface area contributed by atoms with Crippen molar-refractivity contribution in [2.24, 2.45) is 0 Å². The second kappa shape index (κ2) is 12.2. The third kappa shape index (κ3) is 5.84. The van der Waals surface area contributed by atoms with Gasteiger partial charge >= 0.3 is 0 Å². The van der Waals surface area contributed by atoms with Crippen LogP contribution in [-0.4, -0.2) is 18.3 Å². The molecule has 0 aliphatic heterocycles. The van der Waals surface area contributed by atoms with Crippen LogP contribution < -0.4 is 14.9 Å². The number of hydrogen-bond donors (Lipinski definition) is 1. The molecule has 3 aromatic rings. The van der Waals surface area contributed by atoms with E-state index in [2.05, 4.69) is 13.8 Å². The van der Waals surface area contributed by atoms with Gasteiger partial charge in [-0.3, -0.25) is 4.79 Å². The number of rotatable bonds is 13. The van der Waals surface area contributed by atoms with Crippen LogP contribution in [0, 0.1) is 0 Å². The Hall–Kier alpha value is -2.95. The lowest BCUT2D eigenvalue weighted by Gasteiger charge is -2.14. The van der Waals surface area contributed by atoms with Gasteiger partial charge in [-0.25, -0.2) is 0 Å². The van der Waals surface area contributed by atoms with Gasteiger partial charge in [0.05, 0.1) is 13.2 Å². The van der Waals surface area contributed by atoms with Crippen molar-refractivity contribution in [1.29, 1.82) is 0 Å². The zero-order valence-electron chi connectivity index (χ0n) is 19.2. The van der Waals surface area contributed by atoms with Crippen molar-refractivity contribution in [2.45, 2.75) is 65.2 Å². The topological polar surface area (TPSA) is 68.9 Å². The van der Waals surface area contributed by atoms with Gasteiger partial charge < -0.3 is 19.0 Å². The van der Waals surface area contributed by atoms with Crippen molar-refractivity contribution in [3.63, 3.8) is 0 Å². The Labute approximate surface area is 190 Å². The molecule has 2 aromatic carbocycles. The van der Waals surface area contributed by atoms with E-state index in [0.29, 0.717) is 30.3 Å². The summed E-state index contributed by atoms with van der Waals surface area (Å²) in [6.07, 6.45) is 8.42. The van der Waals surface area contributed by atoms with Gasteiger partial charge in [-0.05, 0) is 25.0 Å². The summed E-state index contributed by atoms with van der Waals surface area (Å²) in [4.78, 5) is 13.4. The van der Waals surface area contributed by atoms with Crippen molar-refractivity contribution in [2.75, 3.05) is 13.2 Å². The Bertz CT molecular complexity index is 1040. The van der Waals surface area contributed by atoms with Gasteiger partial charge in [0.1, 0.15) is 11.0 Å². The molecule has 0 fully saturated rings. The van der Waals surface area contributed by atoms with Crippen LogP contribution in [0.2, 0.25) is 0 Å². The summed E-state index contributed by atoms with van der Waals surface area (Å²) in [7, 11) is 0. The first kappa shape index (κ1) is 23.7. The number of hydrogen-bond acceptors (Lipinski definition) is 5. The molecule has 0 bridgehead atoms. The standard InChI is InChI=1S/C27H34O5/c1-3-5-7-12-18-30-22-17-16-21-23(24(22)28)25(29)27(31-19-13-8-6-4-2)26(32-21)20-14-10-9-11-15-20/h9-11,14-17,28H,3-8,12-13,18-19H2,1-2H3. The predicted molar refractivity (Wildman–Crippen MR) is 129 cm³/mol. The number of phenolic OH excluding ortho intramolecular Hbond substituents is 1. The van der Waals surface area contributed by atoms with E-state index in [1.54, 1.807) is 12.1 Å². The summed E-state index contributed by atoms with van der Waals surface area (Å²) in [5, 5.41) is 10.9. The largest absolute Gasteiger partial charge is 0.504 e. The minimum atomic E-state index is -0.380. The van der Waals surface area contributed by atoms with Gasteiger partial charge in [0.25, 0.3) is 0 Å². The Kier molecular flexibility index (Phi) is 9.02. The molecule has 172 valence electrons. The zero-order valence-corrected chi connectivity index (χ0v) is 19.2. The van der Waals surface area contributed by atoms with Crippen LogP contribution in [0.5, 0.6) is 17.2 Å². The molecular formula is C27H34O5. The Morgan fingerprint density at radius 1 is 0.812 bits per heavy atom. The van der Waals surface area contributed by atoms with Gasteiger partial charge in [-0.2, -0.15) is 0 Å². The monoisotopic (exact) mass is 438 g/mol. The van der Waals surface area contributed by atoms with Crippen LogP contribution in [0.4, 0.5) is 0 Å². The first-order valence-electron chi connectivity index (χ1n) is 11.8. The highest BCUT2D eigenvalue weighted by molar-refractivity contribution is 5.89. The molecule has 0 radical (unpaired) electrons. The van der Waals surface area contributed by atoms with Gasteiger partial charge in [0.2, 0.25) is 11.2 Å². The molecule has 3 rings (SSSR count). The summed E-state index contributed by atoms with van der Waals surface area (Å²) in [5.41, 5.74) is 0.684. The van der Waals surface area contributed by atoms with Crippen molar-refractivity contribution in [3.8, 4) is 28.6 Å². The lowest BCUT2D eigenvalue weighted by atomic mass is 10.1. The molecule has 0 amide bonds. The Balaban J connectivity index is 1.95. The fraction of sp³-hybridized carbons (Fsp3) is 0.444. The van der Waals surface area contributed by atoms with E-state index >= 15 is 0 Å². The molecular weight excluding hydrogens is 404 g/mol. The summed E-state index contributed by atoms with van der Waals surface area (Å²) in [5.74, 6) is 0.617. The molecule has 0 spiro atoms. The number of phenols is 1. The second-order valence-corrected chi connectivity index (χ2v) is 8.06. The van der Waals surface area contributed by atoms with Crippen LogP contribution in [0.1, 0.15) is 65.2 Å². The summed E-state index contributed by atoms with van der Waals surface area (Å²) in [6.45, 7) is 5.22. The highest BCUT2D eigenvalue weighted by Gasteiger charge is 2.21. The smallest absolute Gasteiger partial charge is 0.239 e. The lowest BCUT2D eigenvalue weighted by molar-refractivity contribution is 0.289. The molecule has 0 unspecified atom stereocenters. The second-order valence-electron chi connectivity index (χ2n) is 8.06. The maximum Gasteiger partial charge on any atom is 0.239 e. The average Bonchev–Trinajstić information content (AvgIpc) is 2.81. The van der Waals surface area contributed by atoms with Gasteiger partial charge in [0.15, 0.2) is 17.3 Å². The van der Waals surface area contributed by atoms with Gasteiger partial charge in [-0.1, -0.05) is 82.7 Å². The molecule has 0 aliphatic rings. The lowest BCUT2D eigenvalue weighted by Crippen LogP contribution is -2.12. The van der Waals surface area contributed by atoms with E-state index in [9.17, 15) is 9.90 Å². The predicted octanol–water partition coefficient (Wildman–Crippen LogP) is 7.08. The maximum atomic E-state index is 13.4. The molecule has 0 saturated carbocycles. The van der Waals surface area contributed by atoms with Crippen molar-refractivity contribution in [3.05, 3.63) is 52.7 Å². The zero-order chi connectivity index (χ0) is 22.8. The normalized spacial score (nSPS) is 11.1. The fourth-order valence-corrected chi connectivity index (χ4v) is 3.67. The Morgan fingerprint density at radius 3 is 2.12 bits per heavy atom. The Morgan fingerprint density at radius 2 is 1.47 bits per heavy atom. The molecule has 1 heterocycles. The number of unbranched alkanes of at least 4 members (excludes halogenated alkanes) is 6. The first-order valence-corrected chi connectivity index (χ1v) is 11.8. The van der Waals surface area contributed by atoms with Crippen molar-refractivity contribution < 1.29 is 19.0 Å². The molecule has 0 saturated heterocycles. The fourth-order valence-electron chi connectivity index (χ4n) is 3.67. The number of benzene rings is 2. The van der Waals surface area contributed by atoms with E-state index in [1.807, 2.05) is 30.3 Å². The van der Waals surface area contributed by atoms with Gasteiger partial charge in [-0.15, -0.1) is 0 Å². The van der Waals surface area contributed by atoms with E-state index in [0.717, 1.165) is 56.9 Å². The minimum Gasteiger partial charge on any atom is -0.504 e. The first-order chi connectivity index (χ1) is 15.7. The summed E-state index contributed by atoms with van der Waals surface area (Å²) in [6, 6.07) is 12.8. The number of ether oxygens (including phenoxy) is 2. The van der Waals surface area contributed by atoms with Crippen LogP contribution in [0.15, 0.2) is 51.7 Å².